The lowest BCUT2D eigenvalue weighted by atomic mass is 10.2. The summed E-state index contributed by atoms with van der Waals surface area (Å²) in [4.78, 5) is 20.5. The monoisotopic (exact) mass is 212 g/mol. The van der Waals surface area contributed by atoms with Crippen molar-refractivity contribution in [3.8, 4) is 0 Å². The van der Waals surface area contributed by atoms with Crippen molar-refractivity contribution in [1.82, 2.24) is 0 Å². The fourth-order valence-electron chi connectivity index (χ4n) is 1.05. The first kappa shape index (κ1) is 16.5. The summed E-state index contributed by atoms with van der Waals surface area (Å²) < 4.78 is 0. The van der Waals surface area contributed by atoms with Gasteiger partial charge in [-0.15, -0.1) is 0 Å². The molecule has 0 saturated heterocycles. The first-order chi connectivity index (χ1) is 6.90. The number of hydrogen-bond acceptors (Lipinski definition) is 2. The number of carbonyl (C=O) groups excluding carboxylic acids is 2. The molecule has 0 bridgehead atoms. The number of ketones is 2. The summed E-state index contributed by atoms with van der Waals surface area (Å²) in [7, 11) is 0. The van der Waals surface area contributed by atoms with Crippen LogP contribution >= 0.6 is 0 Å². The van der Waals surface area contributed by atoms with E-state index in [1.807, 2.05) is 6.92 Å². The lowest BCUT2D eigenvalue weighted by molar-refractivity contribution is -0.117. The summed E-state index contributed by atoms with van der Waals surface area (Å²) in [6, 6.07) is 0. The minimum absolute atomic E-state index is 0.188. The maximum Gasteiger partial charge on any atom is 0.133 e. The van der Waals surface area contributed by atoms with Crippen LogP contribution in [-0.2, 0) is 9.59 Å². The van der Waals surface area contributed by atoms with Crippen molar-refractivity contribution in [1.29, 1.82) is 0 Å². The Bertz CT molecular complexity index is 193. The molecule has 0 rings (SSSR count). The molecule has 2 nitrogen and oxygen atoms in total. The molecule has 2 heteroatoms. The zero-order chi connectivity index (χ0) is 12.3. The second kappa shape index (κ2) is 11.2. The maximum atomic E-state index is 10.3. The molecule has 0 aromatic rings. The minimum atomic E-state index is 0.188. The van der Waals surface area contributed by atoms with Crippen LogP contribution in [-0.4, -0.2) is 11.6 Å². The van der Waals surface area contributed by atoms with Gasteiger partial charge in [0, 0.05) is 12.8 Å². The largest absolute Gasteiger partial charge is 0.300 e. The molecule has 0 heterocycles. The minimum Gasteiger partial charge on any atom is -0.300 e. The van der Waals surface area contributed by atoms with Gasteiger partial charge in [0.2, 0.25) is 0 Å². The molecule has 0 aliphatic heterocycles. The van der Waals surface area contributed by atoms with Crippen LogP contribution in [0.25, 0.3) is 0 Å². The van der Waals surface area contributed by atoms with Crippen LogP contribution in [0.15, 0.2) is 12.2 Å². The zero-order valence-corrected chi connectivity index (χ0v) is 10.6. The summed E-state index contributed by atoms with van der Waals surface area (Å²) in [5.41, 5.74) is 0.938. The van der Waals surface area contributed by atoms with Gasteiger partial charge >= 0.3 is 0 Å². The Kier molecular flexibility index (Phi) is 12.3. The number of allylic oxidation sites excluding steroid dienone is 1. The van der Waals surface area contributed by atoms with Crippen LogP contribution in [0, 0.1) is 0 Å². The Morgan fingerprint density at radius 2 is 1.53 bits per heavy atom. The van der Waals surface area contributed by atoms with E-state index >= 15 is 0 Å². The predicted molar refractivity (Wildman–Crippen MR) is 64.9 cm³/mol. The molecule has 0 aliphatic rings. The zero-order valence-electron chi connectivity index (χ0n) is 10.6. The lowest BCUT2D eigenvalue weighted by Crippen LogP contribution is -1.87. The van der Waals surface area contributed by atoms with Gasteiger partial charge in [0.25, 0.3) is 0 Å². The highest BCUT2D eigenvalue weighted by Gasteiger charge is 1.90. The average Bonchev–Trinajstić information content (AvgIpc) is 2.02. The van der Waals surface area contributed by atoms with Crippen molar-refractivity contribution in [2.75, 3.05) is 0 Å². The van der Waals surface area contributed by atoms with Crippen LogP contribution < -0.4 is 0 Å². The van der Waals surface area contributed by atoms with Crippen LogP contribution in [0.4, 0.5) is 0 Å². The molecule has 0 atom stereocenters. The van der Waals surface area contributed by atoms with Gasteiger partial charge in [-0.1, -0.05) is 31.9 Å². The normalized spacial score (nSPS) is 8.80. The van der Waals surface area contributed by atoms with E-state index in [2.05, 4.69) is 13.5 Å². The molecule has 0 aromatic heterocycles. The SMILES string of the molecule is C=C(C)CC(C)=O.CCCCCC(C)=O. The number of rotatable bonds is 6. The second-order valence-electron chi connectivity index (χ2n) is 4.00. The molecule has 0 aliphatic carbocycles. The Hall–Kier alpha value is -0.920. The summed E-state index contributed by atoms with van der Waals surface area (Å²) in [5, 5.41) is 0. The Morgan fingerprint density at radius 1 is 1.00 bits per heavy atom. The molecule has 0 radical (unpaired) electrons. The van der Waals surface area contributed by atoms with Gasteiger partial charge in [-0.2, -0.15) is 0 Å². The topological polar surface area (TPSA) is 34.1 Å². The van der Waals surface area contributed by atoms with E-state index in [0.29, 0.717) is 12.2 Å². The Morgan fingerprint density at radius 3 is 1.73 bits per heavy atom. The summed E-state index contributed by atoms with van der Waals surface area (Å²) in [6.07, 6.45) is 4.77. The van der Waals surface area contributed by atoms with Gasteiger partial charge in [-0.05, 0) is 27.2 Å². The summed E-state index contributed by atoms with van der Waals surface area (Å²) in [5.74, 6) is 0.506. The molecule has 0 N–H and O–H groups in total. The first-order valence-electron chi connectivity index (χ1n) is 5.53. The van der Waals surface area contributed by atoms with Crippen molar-refractivity contribution in [2.24, 2.45) is 0 Å². The van der Waals surface area contributed by atoms with Gasteiger partial charge in [0.1, 0.15) is 11.6 Å². The fraction of sp³-hybridized carbons (Fsp3) is 0.692. The van der Waals surface area contributed by atoms with E-state index in [0.717, 1.165) is 18.4 Å². The van der Waals surface area contributed by atoms with Gasteiger partial charge in [0.05, 0.1) is 0 Å². The number of Topliss-reactive ketones (excluding diaryl/α,β-unsaturated/α-hetero) is 2. The fourth-order valence-corrected chi connectivity index (χ4v) is 1.05. The third kappa shape index (κ3) is 24.6. The van der Waals surface area contributed by atoms with Gasteiger partial charge in [-0.3, -0.25) is 4.79 Å². The molecule has 0 saturated carbocycles. The molecule has 0 unspecified atom stereocenters. The maximum absolute atomic E-state index is 10.3. The van der Waals surface area contributed by atoms with E-state index in [4.69, 9.17) is 0 Å². The van der Waals surface area contributed by atoms with Gasteiger partial charge in [-0.25, -0.2) is 0 Å². The highest BCUT2D eigenvalue weighted by molar-refractivity contribution is 5.77. The van der Waals surface area contributed by atoms with E-state index in [9.17, 15) is 9.59 Å². The molecule has 88 valence electrons. The summed E-state index contributed by atoms with van der Waals surface area (Å²) in [6.45, 7) is 10.8. The molecular formula is C13H24O2. The third-order valence-electron chi connectivity index (χ3n) is 1.68. The van der Waals surface area contributed by atoms with E-state index in [1.54, 1.807) is 13.8 Å². The van der Waals surface area contributed by atoms with E-state index in [1.165, 1.54) is 12.8 Å². The second-order valence-corrected chi connectivity index (χ2v) is 4.00. The molecule has 0 spiro atoms. The van der Waals surface area contributed by atoms with E-state index in [-0.39, 0.29) is 5.78 Å². The van der Waals surface area contributed by atoms with Crippen molar-refractivity contribution in [3.05, 3.63) is 12.2 Å². The average molecular weight is 212 g/mol. The standard InChI is InChI=1S/C7H14O.C6H10O/c1-3-4-5-6-7(2)8;1-5(2)4-6(3)7/h3-6H2,1-2H3;1,4H2,2-3H3. The van der Waals surface area contributed by atoms with Gasteiger partial charge in [0.15, 0.2) is 0 Å². The highest BCUT2D eigenvalue weighted by Crippen LogP contribution is 1.98. The molecular weight excluding hydrogens is 188 g/mol. The smallest absolute Gasteiger partial charge is 0.133 e. The lowest BCUT2D eigenvalue weighted by Gasteiger charge is -1.90. The molecule has 0 amide bonds. The first-order valence-corrected chi connectivity index (χ1v) is 5.53. The predicted octanol–water partition coefficient (Wildman–Crippen LogP) is 3.70. The van der Waals surface area contributed by atoms with Crippen LogP contribution in [0.5, 0.6) is 0 Å². The molecule has 0 fully saturated rings. The highest BCUT2D eigenvalue weighted by atomic mass is 16.1. The summed E-state index contributed by atoms with van der Waals surface area (Å²) >= 11 is 0. The van der Waals surface area contributed by atoms with E-state index < -0.39 is 0 Å². The molecule has 0 aromatic carbocycles. The number of hydrogen-bond donors (Lipinski definition) is 0. The van der Waals surface area contributed by atoms with Crippen LogP contribution in [0.2, 0.25) is 0 Å². The van der Waals surface area contributed by atoms with Gasteiger partial charge < -0.3 is 4.79 Å². The van der Waals surface area contributed by atoms with Crippen molar-refractivity contribution >= 4 is 11.6 Å². The third-order valence-corrected chi connectivity index (χ3v) is 1.68. The number of carbonyl (C=O) groups is 2. The quantitative estimate of drug-likeness (QED) is 0.497. The van der Waals surface area contributed by atoms with Crippen molar-refractivity contribution < 1.29 is 9.59 Å². The van der Waals surface area contributed by atoms with Crippen LogP contribution in [0.3, 0.4) is 0 Å². The van der Waals surface area contributed by atoms with Crippen molar-refractivity contribution in [2.45, 2.75) is 59.8 Å². The Balaban J connectivity index is 0. The molecule has 15 heavy (non-hydrogen) atoms. The van der Waals surface area contributed by atoms with Crippen LogP contribution in [0.1, 0.15) is 59.8 Å². The number of unbranched alkanes of at least 4 members (excludes halogenated alkanes) is 2. The van der Waals surface area contributed by atoms with Crippen molar-refractivity contribution in [3.63, 3.8) is 0 Å². The Labute approximate surface area is 93.8 Å².